The number of hydrogen-bond acceptors (Lipinski definition) is 5. The summed E-state index contributed by atoms with van der Waals surface area (Å²) in [5.74, 6) is -0.0655. The van der Waals surface area contributed by atoms with Crippen molar-refractivity contribution in [2.24, 2.45) is 0 Å². The van der Waals surface area contributed by atoms with Gasteiger partial charge in [0.25, 0.3) is 15.7 Å². The lowest BCUT2D eigenvalue weighted by Gasteiger charge is -2.15. The predicted octanol–water partition coefficient (Wildman–Crippen LogP) is 2.61. The summed E-state index contributed by atoms with van der Waals surface area (Å²) in [6.07, 6.45) is 0.639. The molecule has 0 radical (unpaired) electrons. The fourth-order valence-corrected chi connectivity index (χ4v) is 4.31. The van der Waals surface area contributed by atoms with E-state index in [9.17, 15) is 23.3 Å². The highest BCUT2D eigenvalue weighted by molar-refractivity contribution is 7.92. The molecule has 0 unspecified atom stereocenters. The second-order valence-electron chi connectivity index (χ2n) is 6.08. The van der Waals surface area contributed by atoms with Crippen LogP contribution in [0, 0.1) is 17.0 Å². The number of carbonyl (C=O) groups excluding carboxylic acids is 1. The van der Waals surface area contributed by atoms with E-state index in [1.807, 2.05) is 0 Å². The lowest BCUT2D eigenvalue weighted by Crippen LogP contribution is -2.25. The van der Waals surface area contributed by atoms with Crippen molar-refractivity contribution in [3.05, 3.63) is 57.6 Å². The van der Waals surface area contributed by atoms with Crippen molar-refractivity contribution in [2.45, 2.75) is 25.2 Å². The molecule has 0 bridgehead atoms. The maximum absolute atomic E-state index is 12.7. The summed E-state index contributed by atoms with van der Waals surface area (Å²) in [6, 6.07) is 8.66. The number of nitrogens with one attached hydrogen (secondary N) is 1. The Labute approximate surface area is 150 Å². The van der Waals surface area contributed by atoms with Crippen LogP contribution >= 0.6 is 0 Å². The SMILES string of the molecule is CC(=O)N1CCc2cc(NS(=O)(=O)c3cc([N+](=O)[O-])ccc3C)ccc21. The molecule has 3 rings (SSSR count). The molecule has 26 heavy (non-hydrogen) atoms. The maximum Gasteiger partial charge on any atom is 0.270 e. The standard InChI is InChI=1S/C17H17N3O5S/c1-11-3-5-15(20(22)23)10-17(11)26(24,25)18-14-4-6-16-13(9-14)7-8-19(16)12(2)21/h3-6,9-10,18H,7-8H2,1-2H3. The zero-order valence-corrected chi connectivity index (χ0v) is 15.0. The van der Waals surface area contributed by atoms with E-state index in [2.05, 4.69) is 4.72 Å². The zero-order chi connectivity index (χ0) is 19.1. The van der Waals surface area contributed by atoms with E-state index in [1.165, 1.54) is 19.1 Å². The van der Waals surface area contributed by atoms with E-state index < -0.39 is 14.9 Å². The molecule has 8 nitrogen and oxygen atoms in total. The van der Waals surface area contributed by atoms with Gasteiger partial charge in [0.2, 0.25) is 5.91 Å². The number of non-ortho nitro benzene ring substituents is 1. The Kier molecular flexibility index (Phi) is 4.41. The van der Waals surface area contributed by atoms with Gasteiger partial charge in [-0.25, -0.2) is 8.42 Å². The Balaban J connectivity index is 1.93. The second kappa shape index (κ2) is 6.41. The van der Waals surface area contributed by atoms with Crippen molar-refractivity contribution < 1.29 is 18.1 Å². The maximum atomic E-state index is 12.7. The zero-order valence-electron chi connectivity index (χ0n) is 14.2. The Morgan fingerprint density at radius 3 is 2.62 bits per heavy atom. The molecule has 1 N–H and O–H groups in total. The molecule has 0 aliphatic carbocycles. The molecule has 1 heterocycles. The number of hydrogen-bond donors (Lipinski definition) is 1. The molecule has 136 valence electrons. The minimum Gasteiger partial charge on any atom is -0.312 e. The first-order valence-electron chi connectivity index (χ1n) is 7.88. The number of rotatable bonds is 4. The molecule has 0 saturated carbocycles. The van der Waals surface area contributed by atoms with E-state index in [-0.39, 0.29) is 16.5 Å². The van der Waals surface area contributed by atoms with Crippen LogP contribution in [0.15, 0.2) is 41.3 Å². The first-order chi connectivity index (χ1) is 12.2. The molecule has 0 fully saturated rings. The number of anilines is 2. The Hall–Kier alpha value is -2.94. The van der Waals surface area contributed by atoms with Gasteiger partial charge >= 0.3 is 0 Å². The number of amides is 1. The van der Waals surface area contributed by atoms with Crippen LogP contribution < -0.4 is 9.62 Å². The number of fused-ring (bicyclic) bond motifs is 1. The van der Waals surface area contributed by atoms with Gasteiger partial charge in [-0.05, 0) is 42.7 Å². The minimum atomic E-state index is -3.98. The van der Waals surface area contributed by atoms with Crippen molar-refractivity contribution in [3.8, 4) is 0 Å². The molecule has 0 saturated heterocycles. The molecular weight excluding hydrogens is 358 g/mol. The third-order valence-corrected chi connectivity index (χ3v) is 5.80. The third-order valence-electron chi connectivity index (χ3n) is 4.28. The third kappa shape index (κ3) is 3.25. The first-order valence-corrected chi connectivity index (χ1v) is 9.36. The van der Waals surface area contributed by atoms with E-state index in [1.54, 1.807) is 30.0 Å². The van der Waals surface area contributed by atoms with Crippen LogP contribution in [0.5, 0.6) is 0 Å². The molecule has 1 aliphatic heterocycles. The van der Waals surface area contributed by atoms with Crippen LogP contribution in [-0.2, 0) is 21.2 Å². The van der Waals surface area contributed by atoms with E-state index >= 15 is 0 Å². The van der Waals surface area contributed by atoms with Gasteiger partial charge in [-0.1, -0.05) is 6.07 Å². The van der Waals surface area contributed by atoms with Gasteiger partial charge in [0.1, 0.15) is 0 Å². The summed E-state index contributed by atoms with van der Waals surface area (Å²) in [4.78, 5) is 23.4. The van der Waals surface area contributed by atoms with Crippen LogP contribution in [0.4, 0.5) is 17.1 Å². The summed E-state index contributed by atoms with van der Waals surface area (Å²) in [6.45, 7) is 3.62. The van der Waals surface area contributed by atoms with Gasteiger partial charge in [0, 0.05) is 37.0 Å². The van der Waals surface area contributed by atoms with Crippen molar-refractivity contribution in [1.82, 2.24) is 0 Å². The predicted molar refractivity (Wildman–Crippen MR) is 96.8 cm³/mol. The molecule has 1 aliphatic rings. The Bertz CT molecular complexity index is 1020. The highest BCUT2D eigenvalue weighted by Crippen LogP contribution is 2.32. The van der Waals surface area contributed by atoms with Crippen molar-refractivity contribution >= 4 is 33.0 Å². The van der Waals surface area contributed by atoms with Crippen LogP contribution in [0.1, 0.15) is 18.1 Å². The molecule has 9 heteroatoms. The number of benzene rings is 2. The largest absolute Gasteiger partial charge is 0.312 e. The number of nitro groups is 1. The van der Waals surface area contributed by atoms with Gasteiger partial charge in [-0.3, -0.25) is 19.6 Å². The van der Waals surface area contributed by atoms with Crippen LogP contribution in [0.3, 0.4) is 0 Å². The average molecular weight is 375 g/mol. The summed E-state index contributed by atoms with van der Waals surface area (Å²) in [5.41, 5.74) is 2.11. The molecule has 0 spiro atoms. The Morgan fingerprint density at radius 2 is 1.96 bits per heavy atom. The van der Waals surface area contributed by atoms with Crippen LogP contribution in [-0.4, -0.2) is 25.8 Å². The van der Waals surface area contributed by atoms with Gasteiger partial charge in [0.05, 0.1) is 9.82 Å². The second-order valence-corrected chi connectivity index (χ2v) is 7.73. The van der Waals surface area contributed by atoms with E-state index in [0.717, 1.165) is 17.3 Å². The molecule has 2 aromatic carbocycles. The van der Waals surface area contributed by atoms with E-state index in [0.29, 0.717) is 24.2 Å². The monoisotopic (exact) mass is 375 g/mol. The number of aryl methyl sites for hydroxylation is 1. The highest BCUT2D eigenvalue weighted by atomic mass is 32.2. The van der Waals surface area contributed by atoms with Crippen LogP contribution in [0.2, 0.25) is 0 Å². The summed E-state index contributed by atoms with van der Waals surface area (Å²) >= 11 is 0. The number of carbonyl (C=O) groups is 1. The normalized spacial score (nSPS) is 13.4. The fourth-order valence-electron chi connectivity index (χ4n) is 2.99. The van der Waals surface area contributed by atoms with Gasteiger partial charge in [-0.15, -0.1) is 0 Å². The van der Waals surface area contributed by atoms with Gasteiger partial charge in [0.15, 0.2) is 0 Å². The van der Waals surface area contributed by atoms with Gasteiger partial charge < -0.3 is 4.90 Å². The van der Waals surface area contributed by atoms with Crippen molar-refractivity contribution in [3.63, 3.8) is 0 Å². The molecule has 0 atom stereocenters. The number of nitrogens with zero attached hydrogens (tertiary/aromatic N) is 2. The van der Waals surface area contributed by atoms with Crippen molar-refractivity contribution in [2.75, 3.05) is 16.2 Å². The van der Waals surface area contributed by atoms with E-state index in [4.69, 9.17) is 0 Å². The molecule has 2 aromatic rings. The summed E-state index contributed by atoms with van der Waals surface area (Å²) in [5, 5.41) is 10.9. The fraction of sp³-hybridized carbons (Fsp3) is 0.235. The van der Waals surface area contributed by atoms with Crippen LogP contribution in [0.25, 0.3) is 0 Å². The average Bonchev–Trinajstić information content (AvgIpc) is 2.97. The summed E-state index contributed by atoms with van der Waals surface area (Å²) in [7, 11) is -3.98. The molecule has 0 aromatic heterocycles. The molecule has 1 amide bonds. The van der Waals surface area contributed by atoms with Crippen molar-refractivity contribution in [1.29, 1.82) is 0 Å². The lowest BCUT2D eigenvalue weighted by atomic mass is 10.1. The quantitative estimate of drug-likeness (QED) is 0.652. The van der Waals surface area contributed by atoms with Gasteiger partial charge in [-0.2, -0.15) is 0 Å². The molecular formula is C17H17N3O5S. The Morgan fingerprint density at radius 1 is 1.23 bits per heavy atom. The smallest absolute Gasteiger partial charge is 0.270 e. The topological polar surface area (TPSA) is 110 Å². The minimum absolute atomic E-state index is 0.0655. The number of sulfonamides is 1. The highest BCUT2D eigenvalue weighted by Gasteiger charge is 2.24. The number of nitro benzene ring substituents is 1. The lowest BCUT2D eigenvalue weighted by molar-refractivity contribution is -0.385. The summed E-state index contributed by atoms with van der Waals surface area (Å²) < 4.78 is 27.8. The first kappa shape index (κ1) is 17.9.